The third kappa shape index (κ3) is 4.79. The van der Waals surface area contributed by atoms with Crippen LogP contribution in [0.1, 0.15) is 38.8 Å². The quantitative estimate of drug-likeness (QED) is 0.223. The first-order valence-corrected chi connectivity index (χ1v) is 11.9. The molecule has 2 heterocycles. The van der Waals surface area contributed by atoms with E-state index in [1.807, 2.05) is 59.5 Å². The van der Waals surface area contributed by atoms with E-state index in [9.17, 15) is 9.59 Å². The summed E-state index contributed by atoms with van der Waals surface area (Å²) >= 11 is 0. The Bertz CT molecular complexity index is 1320. The maximum absolute atomic E-state index is 13.6. The average Bonchev–Trinajstić information content (AvgIpc) is 3.53. The van der Waals surface area contributed by atoms with Crippen molar-refractivity contribution in [3.05, 3.63) is 94.5 Å². The van der Waals surface area contributed by atoms with Gasteiger partial charge >= 0.3 is 0 Å². The first-order chi connectivity index (χ1) is 17.4. The molecule has 8 N–H and O–H groups in total. The fourth-order valence-corrected chi connectivity index (χ4v) is 4.82. The molecule has 9 heteroatoms. The standard InChI is InChI=1S/C27H29N7O2/c28-24(29)19-9-8-18-13-23(27(36)33-21-3-1-2-20(12-21)26-31-10-11-32-26)34(22(18)14-19)15-16-4-6-17(7-5-16)25(30)35/h1-9,12,14,23,26,31-32H,10-11,13,15H2,(H3,28,29)(H2,30,35)(H,33,36). The highest BCUT2D eigenvalue weighted by atomic mass is 16.2. The minimum atomic E-state index is -0.485. The number of amides is 2. The molecule has 1 atom stereocenters. The summed E-state index contributed by atoms with van der Waals surface area (Å²) in [5.41, 5.74) is 16.8. The van der Waals surface area contributed by atoms with Gasteiger partial charge < -0.3 is 21.7 Å². The normalized spacial score (nSPS) is 17.1. The predicted octanol–water partition coefficient (Wildman–Crippen LogP) is 1.83. The number of anilines is 2. The number of nitrogens with one attached hydrogen (secondary N) is 4. The molecule has 2 aliphatic rings. The number of carbonyl (C=O) groups excluding carboxylic acids is 2. The van der Waals surface area contributed by atoms with Crippen molar-refractivity contribution in [1.29, 1.82) is 5.41 Å². The van der Waals surface area contributed by atoms with Gasteiger partial charge in [0.15, 0.2) is 0 Å². The number of rotatable bonds is 7. The Kier molecular flexibility index (Phi) is 6.41. The van der Waals surface area contributed by atoms with Crippen LogP contribution < -0.4 is 32.3 Å². The van der Waals surface area contributed by atoms with E-state index in [1.54, 1.807) is 12.1 Å². The Balaban J connectivity index is 1.41. The van der Waals surface area contributed by atoms with Crippen LogP contribution in [0.5, 0.6) is 0 Å². The van der Waals surface area contributed by atoms with Crippen LogP contribution in [0.3, 0.4) is 0 Å². The summed E-state index contributed by atoms with van der Waals surface area (Å²) in [6, 6.07) is 20.0. The molecule has 0 saturated carbocycles. The third-order valence-corrected chi connectivity index (χ3v) is 6.70. The number of nitrogens with two attached hydrogens (primary N) is 2. The van der Waals surface area contributed by atoms with Gasteiger partial charge in [-0.05, 0) is 47.0 Å². The van der Waals surface area contributed by atoms with Crippen molar-refractivity contribution in [3.63, 3.8) is 0 Å². The number of nitrogen functional groups attached to an aromatic ring is 1. The Morgan fingerprint density at radius 1 is 0.972 bits per heavy atom. The zero-order chi connectivity index (χ0) is 25.2. The molecule has 0 spiro atoms. The molecule has 36 heavy (non-hydrogen) atoms. The van der Waals surface area contributed by atoms with E-state index in [2.05, 4.69) is 16.0 Å². The fraction of sp³-hybridized carbons (Fsp3) is 0.222. The summed E-state index contributed by atoms with van der Waals surface area (Å²) in [5.74, 6) is -0.627. The highest BCUT2D eigenvalue weighted by molar-refractivity contribution is 6.00. The first kappa shape index (κ1) is 23.5. The number of hydrogen-bond donors (Lipinski definition) is 6. The highest BCUT2D eigenvalue weighted by Crippen LogP contribution is 2.35. The molecule has 0 radical (unpaired) electrons. The molecule has 0 bridgehead atoms. The monoisotopic (exact) mass is 483 g/mol. The summed E-state index contributed by atoms with van der Waals surface area (Å²) in [7, 11) is 0. The number of hydrogen-bond acceptors (Lipinski definition) is 6. The zero-order valence-corrected chi connectivity index (χ0v) is 19.8. The molecule has 1 fully saturated rings. The first-order valence-electron chi connectivity index (χ1n) is 11.9. The van der Waals surface area contributed by atoms with Gasteiger partial charge in [0, 0.05) is 48.6 Å². The maximum Gasteiger partial charge on any atom is 0.248 e. The van der Waals surface area contributed by atoms with E-state index < -0.39 is 11.9 Å². The molecule has 2 amide bonds. The van der Waals surface area contributed by atoms with Crippen LogP contribution in [-0.4, -0.2) is 36.8 Å². The Labute approximate surface area is 209 Å². The van der Waals surface area contributed by atoms with E-state index in [4.69, 9.17) is 16.9 Å². The SMILES string of the molecule is N=C(N)c1ccc2c(c1)N(Cc1ccc(C(N)=O)cc1)C(C(=O)Nc1cccc(C3NCCN3)c1)C2. The van der Waals surface area contributed by atoms with Gasteiger partial charge in [-0.1, -0.05) is 36.4 Å². The molecule has 2 aliphatic heterocycles. The lowest BCUT2D eigenvalue weighted by atomic mass is 10.1. The number of amidine groups is 1. The topological polar surface area (TPSA) is 149 Å². The summed E-state index contributed by atoms with van der Waals surface area (Å²) < 4.78 is 0. The minimum Gasteiger partial charge on any atom is -0.384 e. The maximum atomic E-state index is 13.6. The molecule has 5 rings (SSSR count). The van der Waals surface area contributed by atoms with E-state index in [0.29, 0.717) is 24.1 Å². The molecule has 1 unspecified atom stereocenters. The zero-order valence-electron chi connectivity index (χ0n) is 19.8. The largest absolute Gasteiger partial charge is 0.384 e. The Hall–Kier alpha value is -4.21. The highest BCUT2D eigenvalue weighted by Gasteiger charge is 2.35. The van der Waals surface area contributed by atoms with Crippen molar-refractivity contribution in [1.82, 2.24) is 10.6 Å². The van der Waals surface area contributed by atoms with Crippen molar-refractivity contribution in [2.45, 2.75) is 25.2 Å². The van der Waals surface area contributed by atoms with Gasteiger partial charge in [0.05, 0.1) is 6.17 Å². The lowest BCUT2D eigenvalue weighted by Crippen LogP contribution is -2.41. The molecule has 3 aromatic carbocycles. The predicted molar refractivity (Wildman–Crippen MR) is 140 cm³/mol. The summed E-state index contributed by atoms with van der Waals surface area (Å²) in [6.45, 7) is 2.25. The second-order valence-corrected chi connectivity index (χ2v) is 9.12. The van der Waals surface area contributed by atoms with E-state index in [0.717, 1.165) is 41.2 Å². The molecule has 0 aromatic heterocycles. The second-order valence-electron chi connectivity index (χ2n) is 9.12. The minimum absolute atomic E-state index is 0.0255. The van der Waals surface area contributed by atoms with Gasteiger partial charge in [0.25, 0.3) is 0 Å². The number of nitrogens with zero attached hydrogens (tertiary/aromatic N) is 1. The van der Waals surface area contributed by atoms with Crippen molar-refractivity contribution in [3.8, 4) is 0 Å². The Morgan fingerprint density at radius 2 is 1.69 bits per heavy atom. The number of primary amides is 1. The van der Waals surface area contributed by atoms with Gasteiger partial charge in [-0.25, -0.2) is 0 Å². The van der Waals surface area contributed by atoms with Crippen molar-refractivity contribution < 1.29 is 9.59 Å². The van der Waals surface area contributed by atoms with Crippen LogP contribution in [-0.2, 0) is 17.8 Å². The molecule has 1 saturated heterocycles. The van der Waals surface area contributed by atoms with E-state index in [-0.39, 0.29) is 17.9 Å². The molecule has 184 valence electrons. The van der Waals surface area contributed by atoms with Gasteiger partial charge in [-0.15, -0.1) is 0 Å². The lowest BCUT2D eigenvalue weighted by Gasteiger charge is -2.27. The summed E-state index contributed by atoms with van der Waals surface area (Å²) in [4.78, 5) is 27.1. The van der Waals surface area contributed by atoms with Gasteiger partial charge in [0.1, 0.15) is 11.9 Å². The average molecular weight is 484 g/mol. The van der Waals surface area contributed by atoms with Crippen LogP contribution in [0, 0.1) is 5.41 Å². The lowest BCUT2D eigenvalue weighted by molar-refractivity contribution is -0.117. The van der Waals surface area contributed by atoms with Crippen molar-refractivity contribution in [2.75, 3.05) is 23.3 Å². The van der Waals surface area contributed by atoms with Crippen LogP contribution in [0.15, 0.2) is 66.7 Å². The van der Waals surface area contributed by atoms with Gasteiger partial charge in [-0.3, -0.25) is 25.6 Å². The van der Waals surface area contributed by atoms with E-state index in [1.165, 1.54) is 0 Å². The molecular weight excluding hydrogens is 454 g/mol. The fourth-order valence-electron chi connectivity index (χ4n) is 4.82. The number of carbonyl (C=O) groups is 2. The van der Waals surface area contributed by atoms with Crippen molar-refractivity contribution >= 4 is 29.0 Å². The van der Waals surface area contributed by atoms with Crippen LogP contribution in [0.4, 0.5) is 11.4 Å². The van der Waals surface area contributed by atoms with Crippen LogP contribution in [0.2, 0.25) is 0 Å². The molecule has 3 aromatic rings. The van der Waals surface area contributed by atoms with Crippen molar-refractivity contribution in [2.24, 2.45) is 11.5 Å². The molecule has 0 aliphatic carbocycles. The molecular formula is C27H29N7O2. The second kappa shape index (κ2) is 9.80. The van der Waals surface area contributed by atoms with E-state index >= 15 is 0 Å². The smallest absolute Gasteiger partial charge is 0.248 e. The van der Waals surface area contributed by atoms with Gasteiger partial charge in [-0.2, -0.15) is 0 Å². The summed E-state index contributed by atoms with van der Waals surface area (Å²) in [6.07, 6.45) is 0.604. The third-order valence-electron chi connectivity index (χ3n) is 6.70. The summed E-state index contributed by atoms with van der Waals surface area (Å²) in [5, 5.41) is 17.7. The number of fused-ring (bicyclic) bond motifs is 1. The van der Waals surface area contributed by atoms with Crippen LogP contribution >= 0.6 is 0 Å². The van der Waals surface area contributed by atoms with Gasteiger partial charge in [0.2, 0.25) is 11.8 Å². The van der Waals surface area contributed by atoms with Crippen LogP contribution in [0.25, 0.3) is 0 Å². The molecule has 9 nitrogen and oxygen atoms in total. The number of benzene rings is 3. The Morgan fingerprint density at radius 3 is 2.39 bits per heavy atom.